The maximum atomic E-state index is 11.8. The number of carbonyl (C=O) groups is 2. The summed E-state index contributed by atoms with van der Waals surface area (Å²) in [6.07, 6.45) is 2.07. The molecule has 6 aromatic carbocycles. The molecule has 55 heavy (non-hydrogen) atoms. The average molecular weight is 802 g/mol. The fourth-order valence-electron chi connectivity index (χ4n) is 5.90. The van der Waals surface area contributed by atoms with Crippen molar-refractivity contribution in [3.05, 3.63) is 183 Å². The van der Waals surface area contributed by atoms with Crippen LogP contribution >= 0.6 is 15.9 Å². The third-order valence-corrected chi connectivity index (χ3v) is 9.00. The number of aromatic hydroxyl groups is 1. The topological polar surface area (TPSA) is 91.3 Å². The van der Waals surface area contributed by atoms with Gasteiger partial charge in [-0.2, -0.15) is 0 Å². The summed E-state index contributed by atoms with van der Waals surface area (Å²) in [6.45, 7) is 4.03. The van der Waals surface area contributed by atoms with Gasteiger partial charge in [0.05, 0.1) is 13.2 Å². The number of halogens is 1. The van der Waals surface area contributed by atoms with Crippen LogP contribution < -0.4 is 9.47 Å². The van der Waals surface area contributed by atoms with E-state index in [-0.39, 0.29) is 30.9 Å². The minimum Gasteiger partial charge on any atom is -0.508 e. The second-order valence-corrected chi connectivity index (χ2v) is 13.5. The number of rotatable bonds is 15. The van der Waals surface area contributed by atoms with Crippen LogP contribution in [0.5, 0.6) is 17.2 Å². The van der Waals surface area contributed by atoms with Crippen LogP contribution in [0, 0.1) is 0 Å². The van der Waals surface area contributed by atoms with E-state index in [1.165, 1.54) is 5.56 Å². The molecule has 0 unspecified atom stereocenters. The van der Waals surface area contributed by atoms with E-state index in [2.05, 4.69) is 58.4 Å². The number of hydrogen-bond acceptors (Lipinski definition) is 7. The highest BCUT2D eigenvalue weighted by atomic mass is 79.9. The first kappa shape index (κ1) is 40.3. The van der Waals surface area contributed by atoms with Crippen LogP contribution in [0.15, 0.2) is 150 Å². The molecule has 0 saturated heterocycles. The largest absolute Gasteiger partial charge is 0.508 e. The number of esters is 2. The Hall–Kier alpha value is -5.86. The van der Waals surface area contributed by atoms with Gasteiger partial charge in [-0.3, -0.25) is 0 Å². The molecule has 0 aliphatic heterocycles. The number of phenols is 1. The monoisotopic (exact) mass is 800 g/mol. The fourth-order valence-corrected chi connectivity index (χ4v) is 6.31. The van der Waals surface area contributed by atoms with Gasteiger partial charge in [0.1, 0.15) is 17.2 Å². The second-order valence-electron chi connectivity index (χ2n) is 12.6. The predicted octanol–water partition coefficient (Wildman–Crippen LogP) is 10.2. The summed E-state index contributed by atoms with van der Waals surface area (Å²) in [5.74, 6) is 0.901. The predicted molar refractivity (Wildman–Crippen MR) is 220 cm³/mol. The summed E-state index contributed by atoms with van der Waals surface area (Å²) in [5.41, 5.74) is 8.38. The first-order valence-corrected chi connectivity index (χ1v) is 19.0. The van der Waals surface area contributed by atoms with Crippen LogP contribution in [-0.4, -0.2) is 43.5 Å². The Balaban J connectivity index is 0.000000237. The van der Waals surface area contributed by atoms with E-state index in [4.69, 9.17) is 18.9 Å². The second kappa shape index (κ2) is 21.1. The van der Waals surface area contributed by atoms with Gasteiger partial charge in [0, 0.05) is 23.7 Å². The molecule has 0 heterocycles. The van der Waals surface area contributed by atoms with Crippen molar-refractivity contribution in [1.82, 2.24) is 0 Å². The number of carbonyl (C=O) groups excluding carboxylic acids is 2. The zero-order valence-corrected chi connectivity index (χ0v) is 32.7. The van der Waals surface area contributed by atoms with Crippen molar-refractivity contribution >= 4 is 27.9 Å². The lowest BCUT2D eigenvalue weighted by Gasteiger charge is -2.14. The summed E-state index contributed by atoms with van der Waals surface area (Å²) in [6, 6.07) is 47.8. The Kier molecular flexibility index (Phi) is 15.5. The van der Waals surface area contributed by atoms with Crippen molar-refractivity contribution in [2.24, 2.45) is 0 Å². The summed E-state index contributed by atoms with van der Waals surface area (Å²) in [4.78, 5) is 23.2. The zero-order valence-electron chi connectivity index (χ0n) is 31.1. The summed E-state index contributed by atoms with van der Waals surface area (Å²) in [7, 11) is 0. The molecule has 0 aliphatic rings. The average Bonchev–Trinajstić information content (AvgIpc) is 3.20. The van der Waals surface area contributed by atoms with E-state index in [0.717, 1.165) is 49.8 Å². The molecule has 282 valence electrons. The number of phenolic OH excluding ortho intramolecular Hbond substituents is 1. The molecule has 0 amide bonds. The Morgan fingerprint density at radius 2 is 0.909 bits per heavy atom. The highest BCUT2D eigenvalue weighted by molar-refractivity contribution is 9.10. The van der Waals surface area contributed by atoms with Crippen LogP contribution in [0.4, 0.5) is 0 Å². The van der Waals surface area contributed by atoms with Gasteiger partial charge in [0.25, 0.3) is 0 Å². The normalized spacial score (nSPS) is 10.5. The SMILES string of the molecule is CCOC(=O)COc1ccc(-c2ccc(O)c(Cc3ccccc3)c2)cc1Cc1ccccc1.CCOC(=O)COc1ccc(Br)cc1Cc1ccccc1. The van der Waals surface area contributed by atoms with E-state index >= 15 is 0 Å². The van der Waals surface area contributed by atoms with Crippen LogP contribution in [0.3, 0.4) is 0 Å². The van der Waals surface area contributed by atoms with Gasteiger partial charge in [-0.05, 0) is 101 Å². The molecule has 0 bridgehead atoms. The quantitative estimate of drug-likeness (QED) is 0.103. The lowest BCUT2D eigenvalue weighted by atomic mass is 9.95. The van der Waals surface area contributed by atoms with E-state index in [0.29, 0.717) is 37.6 Å². The fraction of sp³-hybridized carbons (Fsp3) is 0.191. The molecule has 8 heteroatoms. The van der Waals surface area contributed by atoms with Crippen molar-refractivity contribution in [2.75, 3.05) is 26.4 Å². The van der Waals surface area contributed by atoms with Crippen LogP contribution in [0.25, 0.3) is 11.1 Å². The molecule has 0 aromatic heterocycles. The number of benzene rings is 6. The standard InChI is InChI=1S/C30H28O4.C17H17BrO3/c1-2-33-30(32)21-34-29-16-14-25(20-27(29)18-23-11-7-4-8-12-23)24-13-15-28(31)26(19-24)17-22-9-5-3-6-10-22;1-2-20-17(19)12-21-16-9-8-15(18)11-14(16)10-13-6-4-3-5-7-13/h3-16,19-20,31H,2,17-18,21H2,1H3;3-9,11H,2,10,12H2,1H3. The molecule has 0 fully saturated rings. The Morgan fingerprint density at radius 3 is 1.38 bits per heavy atom. The van der Waals surface area contributed by atoms with Gasteiger partial charge in [0.15, 0.2) is 13.2 Å². The van der Waals surface area contributed by atoms with Crippen LogP contribution in [-0.2, 0) is 38.3 Å². The molecule has 0 aliphatic carbocycles. The highest BCUT2D eigenvalue weighted by Crippen LogP contribution is 2.32. The molecule has 0 saturated carbocycles. The van der Waals surface area contributed by atoms with Crippen molar-refractivity contribution in [1.29, 1.82) is 0 Å². The molecule has 6 aromatic rings. The molecule has 1 N–H and O–H groups in total. The molecule has 0 radical (unpaired) electrons. The Bertz CT molecular complexity index is 2120. The first-order valence-electron chi connectivity index (χ1n) is 18.2. The molecule has 6 rings (SSSR count). The third kappa shape index (κ3) is 12.9. The van der Waals surface area contributed by atoms with E-state index < -0.39 is 0 Å². The Morgan fingerprint density at radius 1 is 0.509 bits per heavy atom. The number of hydrogen-bond donors (Lipinski definition) is 1. The van der Waals surface area contributed by atoms with Crippen LogP contribution in [0.1, 0.15) is 47.2 Å². The third-order valence-electron chi connectivity index (χ3n) is 8.51. The minimum atomic E-state index is -0.388. The van der Waals surface area contributed by atoms with Gasteiger partial charge >= 0.3 is 11.9 Å². The molecule has 7 nitrogen and oxygen atoms in total. The van der Waals surface area contributed by atoms with E-state index in [1.54, 1.807) is 19.9 Å². The highest BCUT2D eigenvalue weighted by Gasteiger charge is 2.13. The lowest BCUT2D eigenvalue weighted by molar-refractivity contribution is -0.146. The van der Waals surface area contributed by atoms with Gasteiger partial charge < -0.3 is 24.1 Å². The first-order chi connectivity index (χ1) is 26.8. The van der Waals surface area contributed by atoms with Crippen LogP contribution in [0.2, 0.25) is 0 Å². The smallest absolute Gasteiger partial charge is 0.344 e. The number of ether oxygens (including phenoxy) is 4. The molecule has 0 spiro atoms. The maximum Gasteiger partial charge on any atom is 0.344 e. The minimum absolute atomic E-state index is 0.0722. The summed E-state index contributed by atoms with van der Waals surface area (Å²) < 4.78 is 22.3. The van der Waals surface area contributed by atoms with Crippen molar-refractivity contribution < 1.29 is 33.6 Å². The van der Waals surface area contributed by atoms with Gasteiger partial charge in [0.2, 0.25) is 0 Å². The van der Waals surface area contributed by atoms with E-state index in [1.807, 2.05) is 97.1 Å². The maximum absolute atomic E-state index is 11.8. The van der Waals surface area contributed by atoms with Crippen molar-refractivity contribution in [3.8, 4) is 28.4 Å². The zero-order chi connectivity index (χ0) is 38.8. The Labute approximate surface area is 331 Å². The molecule has 0 atom stereocenters. The van der Waals surface area contributed by atoms with Gasteiger partial charge in [-0.15, -0.1) is 0 Å². The molecular weight excluding hydrogens is 756 g/mol. The van der Waals surface area contributed by atoms with E-state index in [9.17, 15) is 14.7 Å². The molecular formula is C47H45BrO7. The summed E-state index contributed by atoms with van der Waals surface area (Å²) >= 11 is 3.47. The van der Waals surface area contributed by atoms with Crippen molar-refractivity contribution in [2.45, 2.75) is 33.1 Å². The van der Waals surface area contributed by atoms with Gasteiger partial charge in [-0.25, -0.2) is 9.59 Å². The van der Waals surface area contributed by atoms with Gasteiger partial charge in [-0.1, -0.05) is 119 Å². The lowest BCUT2D eigenvalue weighted by Crippen LogP contribution is -2.15. The van der Waals surface area contributed by atoms with Crippen molar-refractivity contribution in [3.63, 3.8) is 0 Å². The summed E-state index contributed by atoms with van der Waals surface area (Å²) in [5, 5.41) is 10.4.